The maximum Gasteiger partial charge on any atom is 0.276 e. The number of carbonyl (C=O) groups is 1. The molecule has 0 aliphatic carbocycles. The van der Waals surface area contributed by atoms with Gasteiger partial charge in [-0.3, -0.25) is 9.59 Å². The first-order valence-electron chi connectivity index (χ1n) is 9.42. The molecular formula is C22H20FN3O2S. The van der Waals surface area contributed by atoms with Crippen LogP contribution in [0.15, 0.2) is 53.3 Å². The summed E-state index contributed by atoms with van der Waals surface area (Å²) in [7, 11) is 0. The van der Waals surface area contributed by atoms with Gasteiger partial charge < -0.3 is 5.32 Å². The van der Waals surface area contributed by atoms with Crippen LogP contribution in [0.1, 0.15) is 30.6 Å². The van der Waals surface area contributed by atoms with E-state index in [0.29, 0.717) is 11.8 Å². The molecule has 0 saturated carbocycles. The number of aryl methyl sites for hydroxylation is 1. The Balaban J connectivity index is 1.70. The number of hydrogen-bond acceptors (Lipinski definition) is 4. The summed E-state index contributed by atoms with van der Waals surface area (Å²) in [6.45, 7) is 3.96. The highest BCUT2D eigenvalue weighted by molar-refractivity contribution is 7.26. The van der Waals surface area contributed by atoms with Crippen LogP contribution < -0.4 is 10.9 Å². The smallest absolute Gasteiger partial charge is 0.276 e. The van der Waals surface area contributed by atoms with Crippen molar-refractivity contribution in [3.8, 4) is 0 Å². The molecule has 2 aromatic heterocycles. The first kappa shape index (κ1) is 19.3. The normalized spacial score (nSPS) is 12.4. The summed E-state index contributed by atoms with van der Waals surface area (Å²) < 4.78 is 16.2. The van der Waals surface area contributed by atoms with Crippen molar-refractivity contribution in [1.82, 2.24) is 15.1 Å². The average Bonchev–Trinajstić information content (AvgIpc) is 3.12. The van der Waals surface area contributed by atoms with E-state index in [9.17, 15) is 14.0 Å². The van der Waals surface area contributed by atoms with Gasteiger partial charge in [-0.05, 0) is 37.1 Å². The number of nitrogens with one attached hydrogen (secondary N) is 1. The van der Waals surface area contributed by atoms with E-state index in [1.54, 1.807) is 23.5 Å². The molecule has 7 heteroatoms. The molecule has 0 aliphatic rings. The number of halogens is 1. The first-order valence-corrected chi connectivity index (χ1v) is 10.2. The van der Waals surface area contributed by atoms with Gasteiger partial charge in [0, 0.05) is 16.6 Å². The number of amides is 1. The molecule has 2 aromatic carbocycles. The van der Waals surface area contributed by atoms with Gasteiger partial charge in [0.05, 0.1) is 15.8 Å². The Labute approximate surface area is 170 Å². The van der Waals surface area contributed by atoms with Crippen molar-refractivity contribution in [2.75, 3.05) is 0 Å². The average molecular weight is 409 g/mol. The van der Waals surface area contributed by atoms with Crippen molar-refractivity contribution >= 4 is 37.4 Å². The summed E-state index contributed by atoms with van der Waals surface area (Å²) in [6, 6.07) is 13.0. The minimum absolute atomic E-state index is 0.257. The predicted octanol–water partition coefficient (Wildman–Crippen LogP) is 4.33. The van der Waals surface area contributed by atoms with Gasteiger partial charge in [0.25, 0.3) is 5.56 Å². The van der Waals surface area contributed by atoms with E-state index in [2.05, 4.69) is 10.4 Å². The van der Waals surface area contributed by atoms with E-state index < -0.39 is 6.04 Å². The van der Waals surface area contributed by atoms with Crippen molar-refractivity contribution in [2.45, 2.75) is 32.9 Å². The Morgan fingerprint density at radius 3 is 2.66 bits per heavy atom. The second-order valence-corrected chi connectivity index (χ2v) is 7.96. The van der Waals surface area contributed by atoms with Gasteiger partial charge in [0.15, 0.2) is 0 Å². The molecule has 0 radical (unpaired) electrons. The number of carbonyl (C=O) groups excluding carboxylic acids is 1. The van der Waals surface area contributed by atoms with Gasteiger partial charge in [-0.1, -0.05) is 37.3 Å². The second kappa shape index (κ2) is 7.75. The lowest BCUT2D eigenvalue weighted by molar-refractivity contribution is -0.125. The maximum atomic E-state index is 13.3. The Bertz CT molecular complexity index is 1260. The fourth-order valence-corrected chi connectivity index (χ4v) is 4.60. The van der Waals surface area contributed by atoms with E-state index in [1.807, 2.05) is 38.1 Å². The Kier molecular flexibility index (Phi) is 5.15. The number of rotatable bonds is 5. The highest BCUT2D eigenvalue weighted by atomic mass is 32.1. The molecule has 1 atom stereocenters. The zero-order valence-corrected chi connectivity index (χ0v) is 16.9. The van der Waals surface area contributed by atoms with E-state index in [1.165, 1.54) is 16.8 Å². The van der Waals surface area contributed by atoms with E-state index in [4.69, 9.17) is 0 Å². The molecule has 1 amide bonds. The number of thiophene rings is 1. The van der Waals surface area contributed by atoms with Gasteiger partial charge in [-0.15, -0.1) is 11.3 Å². The van der Waals surface area contributed by atoms with Crippen LogP contribution >= 0.6 is 11.3 Å². The summed E-state index contributed by atoms with van der Waals surface area (Å²) in [5, 5.41) is 8.80. The molecule has 5 nitrogen and oxygen atoms in total. The third kappa shape index (κ3) is 3.53. The molecule has 148 valence electrons. The molecule has 0 saturated heterocycles. The Hall–Kier alpha value is -3.06. The Morgan fingerprint density at radius 1 is 1.21 bits per heavy atom. The quantitative estimate of drug-likeness (QED) is 0.534. The molecule has 4 rings (SSSR count). The van der Waals surface area contributed by atoms with Crippen molar-refractivity contribution in [3.05, 3.63) is 76.0 Å². The van der Waals surface area contributed by atoms with Crippen LogP contribution in [-0.2, 0) is 11.3 Å². The third-order valence-corrected chi connectivity index (χ3v) is 6.25. The first-order chi connectivity index (χ1) is 14.0. The SMILES string of the molecule is CC[C@@H](C(=O)NCc1ccc(F)cc1)n1nc(C)c2sc3ccccc3c2c1=O. The standard InChI is InChI=1S/C22H20FN3O2S/c1-3-17(21(27)24-12-14-8-10-15(23)11-9-14)26-22(28)19-16-6-4-5-7-18(16)29-20(19)13(2)25-26/h4-11,17H,3,12H2,1-2H3,(H,24,27)/t17-/m0/s1. The summed E-state index contributed by atoms with van der Waals surface area (Å²) >= 11 is 1.54. The summed E-state index contributed by atoms with van der Waals surface area (Å²) in [5.74, 6) is -0.612. The van der Waals surface area contributed by atoms with Gasteiger partial charge in [0.2, 0.25) is 5.91 Å². The maximum absolute atomic E-state index is 13.3. The minimum Gasteiger partial charge on any atom is -0.350 e. The Morgan fingerprint density at radius 2 is 1.93 bits per heavy atom. The lowest BCUT2D eigenvalue weighted by Gasteiger charge is -2.17. The van der Waals surface area contributed by atoms with Crippen LogP contribution in [0.3, 0.4) is 0 Å². The van der Waals surface area contributed by atoms with Crippen molar-refractivity contribution < 1.29 is 9.18 Å². The lowest BCUT2D eigenvalue weighted by atomic mass is 10.1. The number of benzene rings is 2. The number of aromatic nitrogens is 2. The third-order valence-electron chi connectivity index (χ3n) is 4.97. The number of fused-ring (bicyclic) bond motifs is 3. The summed E-state index contributed by atoms with van der Waals surface area (Å²) in [6.07, 6.45) is 0.426. The molecule has 1 N–H and O–H groups in total. The second-order valence-electron chi connectivity index (χ2n) is 6.91. The van der Waals surface area contributed by atoms with E-state index in [-0.39, 0.29) is 23.8 Å². The molecule has 0 unspecified atom stereocenters. The predicted molar refractivity (Wildman–Crippen MR) is 114 cm³/mol. The minimum atomic E-state index is -0.718. The van der Waals surface area contributed by atoms with Gasteiger partial charge in [-0.25, -0.2) is 9.07 Å². The molecule has 0 aliphatic heterocycles. The van der Waals surface area contributed by atoms with Crippen LogP contribution in [0.25, 0.3) is 20.2 Å². The molecule has 29 heavy (non-hydrogen) atoms. The van der Waals surface area contributed by atoms with Crippen LogP contribution in [0.5, 0.6) is 0 Å². The van der Waals surface area contributed by atoms with Crippen molar-refractivity contribution in [3.63, 3.8) is 0 Å². The van der Waals surface area contributed by atoms with Crippen LogP contribution in [0, 0.1) is 12.7 Å². The summed E-state index contributed by atoms with van der Waals surface area (Å²) in [4.78, 5) is 26.1. The zero-order valence-electron chi connectivity index (χ0n) is 16.1. The largest absolute Gasteiger partial charge is 0.350 e. The van der Waals surface area contributed by atoms with E-state index >= 15 is 0 Å². The number of nitrogens with zero attached hydrogens (tertiary/aromatic N) is 2. The van der Waals surface area contributed by atoms with Crippen molar-refractivity contribution in [1.29, 1.82) is 0 Å². The lowest BCUT2D eigenvalue weighted by Crippen LogP contribution is -2.38. The van der Waals surface area contributed by atoms with Crippen molar-refractivity contribution in [2.24, 2.45) is 0 Å². The van der Waals surface area contributed by atoms with Crippen LogP contribution in [0.4, 0.5) is 4.39 Å². The molecule has 4 aromatic rings. The summed E-state index contributed by atoms with van der Waals surface area (Å²) in [5.41, 5.74) is 1.25. The molecule has 0 spiro atoms. The molecular weight excluding hydrogens is 389 g/mol. The fourth-order valence-electron chi connectivity index (χ4n) is 3.47. The highest BCUT2D eigenvalue weighted by Gasteiger charge is 2.24. The van der Waals surface area contributed by atoms with Gasteiger partial charge in [0.1, 0.15) is 11.9 Å². The monoisotopic (exact) mass is 409 g/mol. The van der Waals surface area contributed by atoms with E-state index in [0.717, 1.165) is 26.0 Å². The molecule has 0 fully saturated rings. The van der Waals surface area contributed by atoms with Crippen LogP contribution in [-0.4, -0.2) is 15.7 Å². The zero-order chi connectivity index (χ0) is 20.5. The highest BCUT2D eigenvalue weighted by Crippen LogP contribution is 2.33. The van der Waals surface area contributed by atoms with Gasteiger partial charge in [-0.2, -0.15) is 5.10 Å². The molecule has 0 bridgehead atoms. The number of hydrogen-bond donors (Lipinski definition) is 1. The molecule has 2 heterocycles. The van der Waals surface area contributed by atoms with Crippen LogP contribution in [0.2, 0.25) is 0 Å². The topological polar surface area (TPSA) is 64.0 Å². The van der Waals surface area contributed by atoms with Gasteiger partial charge >= 0.3 is 0 Å². The fraction of sp³-hybridized carbons (Fsp3) is 0.227.